The molecule has 0 N–H and O–H groups in total. The number of ether oxygens (including phenoxy) is 1. The highest BCUT2D eigenvalue weighted by molar-refractivity contribution is 14.1. The van der Waals surface area contributed by atoms with Gasteiger partial charge in [-0.1, -0.05) is 11.6 Å². The normalized spacial score (nSPS) is 27.5. The molecule has 0 amide bonds. The van der Waals surface area contributed by atoms with Crippen molar-refractivity contribution in [1.82, 2.24) is 8.01 Å². The maximum atomic E-state index is 6.09. The van der Waals surface area contributed by atoms with Gasteiger partial charge in [-0.05, 0) is 17.7 Å². The Morgan fingerprint density at radius 1 is 1.47 bits per heavy atom. The monoisotopic (exact) mass is 361 g/mol. The van der Waals surface area contributed by atoms with Crippen LogP contribution in [0.25, 0.3) is 0 Å². The summed E-state index contributed by atoms with van der Waals surface area (Å²) in [6.07, 6.45) is 1.89. The van der Waals surface area contributed by atoms with Crippen LogP contribution in [0.15, 0.2) is 16.9 Å². The molecule has 0 radical (unpaired) electrons. The molecule has 1 fully saturated rings. The minimum absolute atomic E-state index is 0.242. The van der Waals surface area contributed by atoms with Crippen LogP contribution in [0.4, 0.5) is 0 Å². The van der Waals surface area contributed by atoms with E-state index in [1.165, 1.54) is 0 Å². The van der Waals surface area contributed by atoms with Gasteiger partial charge >= 0.3 is 0 Å². The predicted octanol–water partition coefficient (Wildman–Crippen LogP) is 1.99. The van der Waals surface area contributed by atoms with E-state index in [0.29, 0.717) is 5.29 Å². The standard InChI is InChI=1S/C8H10Cl2IN3O/c9-6-5-7(12-8(10)14(6)11)13-1-3-15-4-2-13/h5-6H,1-4H2. The molecule has 0 aromatic carbocycles. The molecule has 84 valence electrons. The molecular formula is C8H10Cl2IN3O. The molecule has 2 aliphatic heterocycles. The van der Waals surface area contributed by atoms with Crippen LogP contribution >= 0.6 is 46.1 Å². The van der Waals surface area contributed by atoms with Crippen molar-refractivity contribution in [3.05, 3.63) is 11.9 Å². The van der Waals surface area contributed by atoms with Crippen LogP contribution < -0.4 is 0 Å². The second-order valence-electron chi connectivity index (χ2n) is 3.19. The Morgan fingerprint density at radius 3 is 2.73 bits per heavy atom. The molecule has 2 heterocycles. The first kappa shape index (κ1) is 11.8. The maximum absolute atomic E-state index is 6.09. The highest BCUT2D eigenvalue weighted by Gasteiger charge is 2.23. The number of amidine groups is 1. The van der Waals surface area contributed by atoms with Gasteiger partial charge in [0.15, 0.2) is 0 Å². The average molecular weight is 362 g/mol. The Kier molecular flexibility index (Phi) is 3.98. The van der Waals surface area contributed by atoms with Crippen molar-refractivity contribution < 1.29 is 4.74 Å². The van der Waals surface area contributed by atoms with Crippen molar-refractivity contribution in [3.63, 3.8) is 0 Å². The van der Waals surface area contributed by atoms with E-state index in [-0.39, 0.29) is 5.50 Å². The van der Waals surface area contributed by atoms with Crippen LogP contribution in [-0.2, 0) is 4.74 Å². The average Bonchev–Trinajstić information content (AvgIpc) is 2.26. The zero-order valence-corrected chi connectivity index (χ0v) is 11.5. The van der Waals surface area contributed by atoms with Gasteiger partial charge in [-0.2, -0.15) is 0 Å². The van der Waals surface area contributed by atoms with E-state index >= 15 is 0 Å². The minimum Gasteiger partial charge on any atom is -0.378 e. The highest BCUT2D eigenvalue weighted by Crippen LogP contribution is 2.25. The van der Waals surface area contributed by atoms with Crippen molar-refractivity contribution >= 4 is 51.4 Å². The molecule has 1 unspecified atom stereocenters. The number of hydrogen-bond acceptors (Lipinski definition) is 4. The quantitative estimate of drug-likeness (QED) is 0.309. The molecule has 0 aromatic rings. The van der Waals surface area contributed by atoms with Gasteiger partial charge in [0.25, 0.3) is 0 Å². The summed E-state index contributed by atoms with van der Waals surface area (Å²) in [5.74, 6) is 0.844. The van der Waals surface area contributed by atoms with Gasteiger partial charge in [0.2, 0.25) is 5.29 Å². The number of hydrogen-bond donors (Lipinski definition) is 0. The second kappa shape index (κ2) is 5.07. The lowest BCUT2D eigenvalue weighted by atomic mass is 10.4. The van der Waals surface area contributed by atoms with E-state index in [4.69, 9.17) is 27.9 Å². The van der Waals surface area contributed by atoms with E-state index in [9.17, 15) is 0 Å². The van der Waals surface area contributed by atoms with Crippen LogP contribution in [0.3, 0.4) is 0 Å². The number of aliphatic imine (C=N–C) groups is 1. The zero-order valence-electron chi connectivity index (χ0n) is 7.87. The van der Waals surface area contributed by atoms with Crippen molar-refractivity contribution in [2.75, 3.05) is 26.3 Å². The molecular weight excluding hydrogens is 352 g/mol. The topological polar surface area (TPSA) is 28.1 Å². The highest BCUT2D eigenvalue weighted by atomic mass is 127. The zero-order chi connectivity index (χ0) is 10.8. The molecule has 0 bridgehead atoms. The van der Waals surface area contributed by atoms with Crippen LogP contribution in [0, 0.1) is 0 Å². The number of halogens is 3. The van der Waals surface area contributed by atoms with Gasteiger partial charge in [-0.3, -0.25) is 3.11 Å². The Morgan fingerprint density at radius 2 is 2.13 bits per heavy atom. The van der Waals surface area contributed by atoms with Crippen LogP contribution in [0.5, 0.6) is 0 Å². The van der Waals surface area contributed by atoms with E-state index in [1.54, 1.807) is 3.11 Å². The molecule has 0 aromatic heterocycles. The lowest BCUT2D eigenvalue weighted by Gasteiger charge is -2.32. The second-order valence-corrected chi connectivity index (χ2v) is 5.01. The third-order valence-electron chi connectivity index (χ3n) is 2.22. The van der Waals surface area contributed by atoms with Crippen molar-refractivity contribution in [1.29, 1.82) is 0 Å². The first-order valence-corrected chi connectivity index (χ1v) is 6.34. The molecule has 0 aliphatic carbocycles. The van der Waals surface area contributed by atoms with Crippen molar-refractivity contribution in [3.8, 4) is 0 Å². The van der Waals surface area contributed by atoms with Gasteiger partial charge < -0.3 is 9.64 Å². The number of morpholine rings is 1. The minimum atomic E-state index is -0.242. The predicted molar refractivity (Wildman–Crippen MR) is 69.3 cm³/mol. The Labute approximate surface area is 112 Å². The van der Waals surface area contributed by atoms with Crippen LogP contribution in [0.1, 0.15) is 0 Å². The summed E-state index contributed by atoms with van der Waals surface area (Å²) in [6.45, 7) is 3.13. The summed E-state index contributed by atoms with van der Waals surface area (Å²) in [5.41, 5.74) is -0.242. The summed E-state index contributed by atoms with van der Waals surface area (Å²) in [7, 11) is 0. The number of alkyl halides is 1. The molecule has 1 atom stereocenters. The number of nitrogens with zero attached hydrogens (tertiary/aromatic N) is 3. The van der Waals surface area contributed by atoms with Gasteiger partial charge in [0.1, 0.15) is 11.3 Å². The maximum Gasteiger partial charge on any atom is 0.210 e. The molecule has 2 rings (SSSR count). The Bertz CT molecular complexity index is 304. The molecule has 1 saturated heterocycles. The smallest absolute Gasteiger partial charge is 0.210 e. The third-order valence-corrected chi connectivity index (χ3v) is 4.48. The first-order valence-electron chi connectivity index (χ1n) is 4.56. The fraction of sp³-hybridized carbons (Fsp3) is 0.625. The Hall–Kier alpha value is 0.280. The van der Waals surface area contributed by atoms with Crippen molar-refractivity contribution in [2.45, 2.75) is 5.50 Å². The van der Waals surface area contributed by atoms with Gasteiger partial charge in [0, 0.05) is 13.1 Å². The molecule has 7 heteroatoms. The van der Waals surface area contributed by atoms with E-state index in [2.05, 4.69) is 9.89 Å². The molecule has 2 aliphatic rings. The van der Waals surface area contributed by atoms with Crippen molar-refractivity contribution in [2.24, 2.45) is 4.99 Å². The molecule has 4 nitrogen and oxygen atoms in total. The summed E-state index contributed by atoms with van der Waals surface area (Å²) >= 11 is 14.1. The van der Waals surface area contributed by atoms with E-state index in [0.717, 1.165) is 32.1 Å². The number of rotatable bonds is 1. The fourth-order valence-electron chi connectivity index (χ4n) is 1.44. The molecule has 0 saturated carbocycles. The summed E-state index contributed by atoms with van der Waals surface area (Å²) in [5, 5.41) is 0.416. The third kappa shape index (κ3) is 2.69. The largest absolute Gasteiger partial charge is 0.378 e. The molecule has 0 spiro atoms. The van der Waals surface area contributed by atoms with E-state index < -0.39 is 0 Å². The van der Waals surface area contributed by atoms with Gasteiger partial charge in [-0.25, -0.2) is 4.99 Å². The fourth-order valence-corrected chi connectivity index (χ4v) is 2.15. The van der Waals surface area contributed by atoms with Crippen LogP contribution in [-0.4, -0.2) is 45.1 Å². The van der Waals surface area contributed by atoms with E-state index in [1.807, 2.05) is 28.9 Å². The van der Waals surface area contributed by atoms with Gasteiger partial charge in [0.05, 0.1) is 36.1 Å². The molecule has 15 heavy (non-hydrogen) atoms. The Balaban J connectivity index is 2.12. The summed E-state index contributed by atoms with van der Waals surface area (Å²) < 4.78 is 6.96. The van der Waals surface area contributed by atoms with Crippen LogP contribution in [0.2, 0.25) is 0 Å². The SMILES string of the molecule is ClC1=NC(N2CCOCC2)=CC(Cl)N1I. The lowest BCUT2D eigenvalue weighted by molar-refractivity contribution is 0.0527. The lowest BCUT2D eigenvalue weighted by Crippen LogP contribution is -2.38. The van der Waals surface area contributed by atoms with Gasteiger partial charge in [-0.15, -0.1) is 0 Å². The summed E-state index contributed by atoms with van der Waals surface area (Å²) in [6, 6.07) is 0. The summed E-state index contributed by atoms with van der Waals surface area (Å²) in [4.78, 5) is 6.41. The first-order chi connectivity index (χ1) is 7.18.